The average molecular weight is 360 g/mol. The Morgan fingerprint density at radius 2 is 1.96 bits per heavy atom. The molecule has 0 aromatic rings. The Labute approximate surface area is 156 Å². The maximum Gasteiger partial charge on any atom is 0.0813 e. The highest BCUT2D eigenvalue weighted by atomic mass is 16.3. The molecule has 6 aliphatic rings. The van der Waals surface area contributed by atoms with Gasteiger partial charge in [0, 0.05) is 29.3 Å². The molecule has 0 aromatic heterocycles. The molecule has 7 bridgehead atoms. The van der Waals surface area contributed by atoms with Gasteiger partial charge in [-0.1, -0.05) is 20.4 Å². The molecule has 3 N–H and O–H groups in total. The SMILES string of the molecule is C=C1[C@H]2C[C@@]3([C@@H]1O)[C@@H](C[C@@H]2O)[C@]12[C@@H]4C[C@H]3[C@H]1N(CC)C[C@]4(C)CC[C@@H]2O. The van der Waals surface area contributed by atoms with Gasteiger partial charge < -0.3 is 15.3 Å². The third kappa shape index (κ3) is 1.37. The van der Waals surface area contributed by atoms with Crippen molar-refractivity contribution < 1.29 is 15.3 Å². The molecule has 11 atom stereocenters. The lowest BCUT2D eigenvalue weighted by atomic mass is 9.43. The lowest BCUT2D eigenvalue weighted by Crippen LogP contribution is -2.68. The Hall–Kier alpha value is -0.420. The lowest BCUT2D eigenvalue weighted by molar-refractivity contribution is -0.218. The number of hydrogen-bond donors (Lipinski definition) is 3. The molecule has 4 heteroatoms. The first-order valence-electron chi connectivity index (χ1n) is 10.8. The first kappa shape index (κ1) is 16.5. The van der Waals surface area contributed by atoms with Gasteiger partial charge in [0.05, 0.1) is 18.3 Å². The van der Waals surface area contributed by atoms with Crippen LogP contribution in [0.25, 0.3) is 0 Å². The monoisotopic (exact) mass is 359 g/mol. The number of aliphatic hydroxyl groups excluding tert-OH is 3. The van der Waals surface area contributed by atoms with Gasteiger partial charge in [0.25, 0.3) is 0 Å². The lowest BCUT2D eigenvalue weighted by Gasteiger charge is -2.65. The molecule has 0 amide bonds. The summed E-state index contributed by atoms with van der Waals surface area (Å²) < 4.78 is 0. The van der Waals surface area contributed by atoms with Crippen molar-refractivity contribution in [1.82, 2.24) is 4.90 Å². The van der Waals surface area contributed by atoms with E-state index in [4.69, 9.17) is 0 Å². The average Bonchev–Trinajstić information content (AvgIpc) is 3.14. The Morgan fingerprint density at radius 3 is 2.69 bits per heavy atom. The Kier molecular flexibility index (Phi) is 2.92. The quantitative estimate of drug-likeness (QED) is 0.625. The summed E-state index contributed by atoms with van der Waals surface area (Å²) in [6.45, 7) is 11.1. The van der Waals surface area contributed by atoms with Crippen LogP contribution < -0.4 is 0 Å². The summed E-state index contributed by atoms with van der Waals surface area (Å²) in [7, 11) is 0. The fourth-order valence-corrected chi connectivity index (χ4v) is 9.97. The van der Waals surface area contributed by atoms with Crippen molar-refractivity contribution in [2.75, 3.05) is 13.1 Å². The van der Waals surface area contributed by atoms with Gasteiger partial charge >= 0.3 is 0 Å². The maximum atomic E-state index is 11.5. The molecule has 2 spiro atoms. The number of nitrogens with zero attached hydrogens (tertiary/aromatic N) is 1. The fraction of sp³-hybridized carbons (Fsp3) is 0.909. The molecular weight excluding hydrogens is 326 g/mol. The molecule has 4 nitrogen and oxygen atoms in total. The highest BCUT2D eigenvalue weighted by Crippen LogP contribution is 2.83. The van der Waals surface area contributed by atoms with Gasteiger partial charge in [-0.05, 0) is 67.4 Å². The second-order valence-corrected chi connectivity index (χ2v) is 10.9. The first-order chi connectivity index (χ1) is 12.3. The molecule has 5 aliphatic carbocycles. The molecular formula is C22H33NO3. The number of aliphatic hydroxyl groups is 3. The molecule has 0 unspecified atom stereocenters. The molecule has 1 saturated heterocycles. The van der Waals surface area contributed by atoms with E-state index in [0.29, 0.717) is 17.9 Å². The normalized spacial score (nSPS) is 65.5. The van der Waals surface area contributed by atoms with Crippen LogP contribution in [-0.4, -0.2) is 57.7 Å². The summed E-state index contributed by atoms with van der Waals surface area (Å²) in [4.78, 5) is 2.65. The highest BCUT2D eigenvalue weighted by molar-refractivity contribution is 5.39. The smallest absolute Gasteiger partial charge is 0.0813 e. The van der Waals surface area contributed by atoms with Crippen LogP contribution in [0.1, 0.15) is 46.0 Å². The minimum absolute atomic E-state index is 0.0547. The van der Waals surface area contributed by atoms with Crippen LogP contribution in [-0.2, 0) is 0 Å². The zero-order chi connectivity index (χ0) is 18.2. The van der Waals surface area contributed by atoms with E-state index in [-0.39, 0.29) is 34.2 Å². The third-order valence-electron chi connectivity index (χ3n) is 10.6. The van der Waals surface area contributed by atoms with Crippen molar-refractivity contribution in [3.8, 4) is 0 Å². The van der Waals surface area contributed by atoms with Gasteiger partial charge in [-0.3, -0.25) is 4.90 Å². The van der Waals surface area contributed by atoms with E-state index in [1.807, 2.05) is 0 Å². The second kappa shape index (κ2) is 4.59. The minimum Gasteiger partial charge on any atom is -0.392 e. The van der Waals surface area contributed by atoms with Gasteiger partial charge in [0.2, 0.25) is 0 Å². The minimum atomic E-state index is -0.500. The topological polar surface area (TPSA) is 63.9 Å². The molecule has 6 rings (SSSR count). The molecule has 0 radical (unpaired) electrons. The van der Waals surface area contributed by atoms with Crippen molar-refractivity contribution >= 4 is 0 Å². The van der Waals surface area contributed by atoms with E-state index in [1.54, 1.807) is 0 Å². The number of hydrogen-bond acceptors (Lipinski definition) is 4. The van der Waals surface area contributed by atoms with Crippen LogP contribution in [0.4, 0.5) is 0 Å². The Balaban J connectivity index is 1.61. The summed E-state index contributed by atoms with van der Waals surface area (Å²) in [5.41, 5.74) is 0.849. The number of fused-ring (bicyclic) bond motifs is 1. The summed E-state index contributed by atoms with van der Waals surface area (Å²) in [5, 5.41) is 33.8. The fourth-order valence-electron chi connectivity index (χ4n) is 9.97. The van der Waals surface area contributed by atoms with Crippen LogP contribution in [0.3, 0.4) is 0 Å². The Bertz CT molecular complexity index is 695. The number of rotatable bonds is 1. The van der Waals surface area contributed by atoms with E-state index >= 15 is 0 Å². The van der Waals surface area contributed by atoms with Gasteiger partial charge in [-0.25, -0.2) is 0 Å². The van der Waals surface area contributed by atoms with Crippen molar-refractivity contribution in [1.29, 1.82) is 0 Å². The first-order valence-corrected chi connectivity index (χ1v) is 10.8. The number of likely N-dealkylation sites (tertiary alicyclic amines) is 1. The van der Waals surface area contributed by atoms with Crippen LogP contribution in [0, 0.1) is 39.9 Å². The van der Waals surface area contributed by atoms with Crippen LogP contribution in [0.15, 0.2) is 12.2 Å². The maximum absolute atomic E-state index is 11.5. The van der Waals surface area contributed by atoms with Crippen LogP contribution >= 0.6 is 0 Å². The summed E-state index contributed by atoms with van der Waals surface area (Å²) in [6.07, 6.45) is 3.58. The van der Waals surface area contributed by atoms with E-state index in [9.17, 15) is 15.3 Å². The van der Waals surface area contributed by atoms with Gasteiger partial charge in [-0.15, -0.1) is 0 Å². The van der Waals surface area contributed by atoms with Gasteiger partial charge in [0.15, 0.2) is 0 Å². The summed E-state index contributed by atoms with van der Waals surface area (Å²) in [5.74, 6) is 1.26. The predicted octanol–water partition coefficient (Wildman–Crippen LogP) is 1.79. The summed E-state index contributed by atoms with van der Waals surface area (Å²) >= 11 is 0. The van der Waals surface area contributed by atoms with E-state index in [2.05, 4.69) is 25.3 Å². The van der Waals surface area contributed by atoms with E-state index in [1.165, 1.54) is 0 Å². The highest BCUT2D eigenvalue weighted by Gasteiger charge is 2.85. The molecule has 5 saturated carbocycles. The van der Waals surface area contributed by atoms with E-state index in [0.717, 1.165) is 50.8 Å². The van der Waals surface area contributed by atoms with Gasteiger partial charge in [0.1, 0.15) is 0 Å². The molecule has 144 valence electrons. The molecule has 1 aliphatic heterocycles. The molecule has 6 fully saturated rings. The van der Waals surface area contributed by atoms with Gasteiger partial charge in [-0.2, -0.15) is 0 Å². The molecule has 0 aromatic carbocycles. The second-order valence-electron chi connectivity index (χ2n) is 10.9. The molecule has 1 heterocycles. The van der Waals surface area contributed by atoms with Crippen molar-refractivity contribution in [2.24, 2.45) is 39.9 Å². The standard InChI is InChI=1S/C22H33NO3/c1-4-23-10-20(3)6-5-17(25)22-15(20)7-13(18(22)23)21-9-12(11(2)19(21)26)14(24)8-16(21)22/h12-19,24-26H,2,4-10H2,1,3H3/t12-,13+,14+,15-,16-,17+,18-,19-,20+,21+,22+/m1/s1. The zero-order valence-electron chi connectivity index (χ0n) is 16.1. The zero-order valence-corrected chi connectivity index (χ0v) is 16.1. The predicted molar refractivity (Wildman–Crippen MR) is 98.2 cm³/mol. The van der Waals surface area contributed by atoms with Crippen molar-refractivity contribution in [3.63, 3.8) is 0 Å². The summed E-state index contributed by atoms with van der Waals surface area (Å²) in [6, 6.07) is 0.373. The Morgan fingerprint density at radius 1 is 1.19 bits per heavy atom. The van der Waals surface area contributed by atoms with Crippen LogP contribution in [0.2, 0.25) is 0 Å². The number of piperidine rings is 1. The van der Waals surface area contributed by atoms with Crippen molar-refractivity contribution in [2.45, 2.75) is 70.3 Å². The van der Waals surface area contributed by atoms with Crippen LogP contribution in [0.5, 0.6) is 0 Å². The van der Waals surface area contributed by atoms with E-state index < -0.39 is 12.2 Å². The van der Waals surface area contributed by atoms with Crippen molar-refractivity contribution in [3.05, 3.63) is 12.2 Å². The largest absolute Gasteiger partial charge is 0.392 e. The third-order valence-corrected chi connectivity index (χ3v) is 10.6. The molecule has 26 heavy (non-hydrogen) atoms.